The van der Waals surface area contributed by atoms with Crippen LogP contribution in [-0.2, 0) is 21.6 Å². The van der Waals surface area contributed by atoms with E-state index in [2.05, 4.69) is 22.1 Å². The molecule has 0 bridgehead atoms. The van der Waals surface area contributed by atoms with E-state index < -0.39 is 5.41 Å². The number of pyridine rings is 2. The lowest BCUT2D eigenvalue weighted by Crippen LogP contribution is -2.20. The largest absolute Gasteiger partial charge is 0.378 e. The summed E-state index contributed by atoms with van der Waals surface area (Å²) in [6.07, 6.45) is 4.33. The maximum absolute atomic E-state index is 11.7. The topological polar surface area (TPSA) is 82.4 Å². The highest BCUT2D eigenvalue weighted by Crippen LogP contribution is 2.40. The molecule has 2 aromatic carbocycles. The van der Waals surface area contributed by atoms with Gasteiger partial charge in [0.15, 0.2) is 0 Å². The molecule has 0 aliphatic carbocycles. The molecule has 2 heterocycles. The molecule has 0 spiro atoms. The number of fused-ring (bicyclic) bond motifs is 1. The molecule has 0 aliphatic rings. The maximum atomic E-state index is 11.7. The number of methoxy groups -OCH3 is 1. The molecule has 4 aromatic rings. The highest BCUT2D eigenvalue weighted by atomic mass is 16.5. The van der Waals surface area contributed by atoms with E-state index in [4.69, 9.17) is 4.74 Å². The molecule has 7 heteroatoms. The lowest BCUT2D eigenvalue weighted by Gasteiger charge is -2.27. The summed E-state index contributed by atoms with van der Waals surface area (Å²) in [6.45, 7) is 4.26. The van der Waals surface area contributed by atoms with Crippen molar-refractivity contribution in [3.05, 3.63) is 78.2 Å². The van der Waals surface area contributed by atoms with Gasteiger partial charge >= 0.3 is 0 Å². The van der Waals surface area contributed by atoms with Crippen LogP contribution in [0.5, 0.6) is 0 Å². The molecule has 0 radical (unpaired) electrons. The minimum Gasteiger partial charge on any atom is -0.378 e. The van der Waals surface area contributed by atoms with Crippen LogP contribution in [-0.4, -0.2) is 37.6 Å². The van der Waals surface area contributed by atoms with Gasteiger partial charge in [-0.15, -0.1) is 0 Å². The van der Waals surface area contributed by atoms with Crippen LogP contribution < -0.4 is 9.80 Å². The number of carbonyl (C=O) groups excluding carboxylic acids is 1. The number of nitriles is 1. The van der Waals surface area contributed by atoms with E-state index in [1.807, 2.05) is 80.5 Å². The summed E-state index contributed by atoms with van der Waals surface area (Å²) < 4.78 is 5.17. The monoisotopic (exact) mass is 479 g/mol. The van der Waals surface area contributed by atoms with Crippen LogP contribution in [0.25, 0.3) is 22.0 Å². The Labute approximate surface area is 211 Å². The quantitative estimate of drug-likeness (QED) is 0.306. The fourth-order valence-electron chi connectivity index (χ4n) is 4.14. The van der Waals surface area contributed by atoms with Crippen LogP contribution in [0.4, 0.5) is 17.1 Å². The molecule has 0 fully saturated rings. The predicted octanol–water partition coefficient (Wildman–Crippen LogP) is 5.60. The van der Waals surface area contributed by atoms with Crippen LogP contribution in [0.1, 0.15) is 25.1 Å². The minimum atomic E-state index is -0.578. The van der Waals surface area contributed by atoms with Crippen LogP contribution >= 0.6 is 0 Å². The van der Waals surface area contributed by atoms with E-state index in [-0.39, 0.29) is 0 Å². The van der Waals surface area contributed by atoms with Crippen molar-refractivity contribution in [3.63, 3.8) is 0 Å². The molecule has 0 saturated heterocycles. The van der Waals surface area contributed by atoms with Crippen LogP contribution in [0.2, 0.25) is 0 Å². The Hall–Kier alpha value is -4.28. The maximum Gasteiger partial charge on any atom is 0.213 e. The van der Waals surface area contributed by atoms with E-state index in [0.717, 1.165) is 51.1 Å². The Kier molecular flexibility index (Phi) is 7.00. The summed E-state index contributed by atoms with van der Waals surface area (Å²) >= 11 is 0. The lowest BCUT2D eigenvalue weighted by molar-refractivity contribution is -0.107. The average molecular weight is 480 g/mol. The van der Waals surface area contributed by atoms with Gasteiger partial charge in [-0.25, -0.2) is 0 Å². The Morgan fingerprint density at radius 3 is 2.33 bits per heavy atom. The van der Waals surface area contributed by atoms with Gasteiger partial charge < -0.3 is 14.5 Å². The van der Waals surface area contributed by atoms with Crippen molar-refractivity contribution in [2.24, 2.45) is 0 Å². The lowest BCUT2D eigenvalue weighted by atomic mass is 9.86. The highest BCUT2D eigenvalue weighted by molar-refractivity contribution is 6.04. The fourth-order valence-corrected chi connectivity index (χ4v) is 4.14. The van der Waals surface area contributed by atoms with Crippen molar-refractivity contribution in [2.45, 2.75) is 25.9 Å². The first kappa shape index (κ1) is 24.8. The molecular weight excluding hydrogens is 450 g/mol. The third-order valence-corrected chi connectivity index (χ3v) is 6.40. The van der Waals surface area contributed by atoms with Gasteiger partial charge in [-0.05, 0) is 55.3 Å². The van der Waals surface area contributed by atoms with Crippen LogP contribution in [0.15, 0.2) is 67.0 Å². The van der Waals surface area contributed by atoms with Gasteiger partial charge in [0.25, 0.3) is 0 Å². The van der Waals surface area contributed by atoms with Gasteiger partial charge in [-0.1, -0.05) is 24.3 Å². The van der Waals surface area contributed by atoms with Crippen LogP contribution in [0, 0.1) is 11.3 Å². The van der Waals surface area contributed by atoms with Crippen LogP contribution in [0.3, 0.4) is 0 Å². The zero-order valence-corrected chi connectivity index (χ0v) is 21.2. The van der Waals surface area contributed by atoms with Crippen molar-refractivity contribution >= 4 is 34.4 Å². The molecule has 7 nitrogen and oxygen atoms in total. The molecule has 36 heavy (non-hydrogen) atoms. The second-order valence-corrected chi connectivity index (χ2v) is 9.25. The average Bonchev–Trinajstić information content (AvgIpc) is 2.92. The number of amides is 1. The van der Waals surface area contributed by atoms with Gasteiger partial charge in [0.05, 0.1) is 46.9 Å². The first-order valence-electron chi connectivity index (χ1n) is 11.6. The normalized spacial score (nSPS) is 11.2. The number of rotatable bonds is 8. The molecule has 4 rings (SSSR count). The summed E-state index contributed by atoms with van der Waals surface area (Å²) in [6, 6.07) is 20.3. The van der Waals surface area contributed by atoms with Crippen molar-refractivity contribution < 1.29 is 9.53 Å². The summed E-state index contributed by atoms with van der Waals surface area (Å²) in [5.41, 5.74) is 6.48. The number of hydrogen-bond acceptors (Lipinski definition) is 6. The summed E-state index contributed by atoms with van der Waals surface area (Å²) in [5, 5.41) is 10.4. The number of nitrogens with zero attached hydrogens (tertiary/aromatic N) is 5. The number of ether oxygens (including phenoxy) is 1. The molecule has 182 valence electrons. The molecule has 1 amide bonds. The molecule has 0 atom stereocenters. The van der Waals surface area contributed by atoms with Gasteiger partial charge in [-0.2, -0.15) is 5.26 Å². The van der Waals surface area contributed by atoms with Gasteiger partial charge in [0.2, 0.25) is 6.41 Å². The SMILES string of the molecule is COCc1ccc(-c2ccc3ncc(N(C)C=O)c(N(C)c4ccc(C(C)(C)C#N)cc4)c3c2)cn1. The Bertz CT molecular complexity index is 1420. The van der Waals surface area contributed by atoms with E-state index >= 15 is 0 Å². The van der Waals surface area contributed by atoms with Crippen molar-refractivity contribution in [1.82, 2.24) is 9.97 Å². The van der Waals surface area contributed by atoms with Crippen molar-refractivity contribution in [1.29, 1.82) is 5.26 Å². The smallest absolute Gasteiger partial charge is 0.213 e. The number of benzene rings is 2. The van der Waals surface area contributed by atoms with Gasteiger partial charge in [0.1, 0.15) is 0 Å². The molecule has 0 N–H and O–H groups in total. The minimum absolute atomic E-state index is 0.461. The number of aromatic nitrogens is 2. The zero-order chi connectivity index (χ0) is 25.9. The Morgan fingerprint density at radius 2 is 1.72 bits per heavy atom. The summed E-state index contributed by atoms with van der Waals surface area (Å²) in [5.74, 6) is 0. The molecule has 0 aliphatic heterocycles. The number of carbonyl (C=O) groups is 1. The Balaban J connectivity index is 1.85. The van der Waals surface area contributed by atoms with Gasteiger partial charge in [0, 0.05) is 44.0 Å². The first-order valence-corrected chi connectivity index (χ1v) is 11.6. The van der Waals surface area contributed by atoms with E-state index in [1.54, 1.807) is 20.4 Å². The summed E-state index contributed by atoms with van der Waals surface area (Å²) in [4.78, 5) is 24.4. The number of hydrogen-bond donors (Lipinski definition) is 0. The van der Waals surface area contributed by atoms with Gasteiger partial charge in [-0.3, -0.25) is 14.8 Å². The second kappa shape index (κ2) is 10.1. The van der Waals surface area contributed by atoms with E-state index in [9.17, 15) is 10.1 Å². The van der Waals surface area contributed by atoms with E-state index in [1.165, 1.54) is 4.90 Å². The molecule has 0 unspecified atom stereocenters. The second-order valence-electron chi connectivity index (χ2n) is 9.25. The van der Waals surface area contributed by atoms with Crippen molar-refractivity contribution in [3.8, 4) is 17.2 Å². The highest BCUT2D eigenvalue weighted by Gasteiger charge is 2.21. The standard InChI is InChI=1S/C29H29N5O2/c1-29(2,18-30)22-8-11-24(12-9-22)34(4)28-25-14-20(21-6-10-23(17-36-5)31-15-21)7-13-26(25)32-16-27(28)33(3)19-35/h6-16,19H,17H2,1-5H3. The fraction of sp³-hybridized carbons (Fsp3) is 0.241. The zero-order valence-electron chi connectivity index (χ0n) is 21.2. The first-order chi connectivity index (χ1) is 17.3. The summed E-state index contributed by atoms with van der Waals surface area (Å²) in [7, 11) is 5.33. The molecular formula is C29H29N5O2. The predicted molar refractivity (Wildman–Crippen MR) is 143 cm³/mol. The number of anilines is 3. The molecule has 2 aromatic heterocycles. The van der Waals surface area contributed by atoms with E-state index in [0.29, 0.717) is 12.3 Å². The third kappa shape index (κ3) is 4.77. The third-order valence-electron chi connectivity index (χ3n) is 6.40. The Morgan fingerprint density at radius 1 is 1.00 bits per heavy atom. The van der Waals surface area contributed by atoms with Crippen molar-refractivity contribution in [2.75, 3.05) is 31.0 Å². The molecule has 0 saturated carbocycles.